The molecular weight excluding hydrogens is 614 g/mol. The number of hydrogen-bond donors (Lipinski definition) is 1. The number of aromatic nitrogens is 3. The van der Waals surface area contributed by atoms with Crippen molar-refractivity contribution in [2.75, 3.05) is 13.1 Å². The highest BCUT2D eigenvalue weighted by Crippen LogP contribution is 2.43. The van der Waals surface area contributed by atoms with Crippen LogP contribution in [0.3, 0.4) is 0 Å². The highest BCUT2D eigenvalue weighted by molar-refractivity contribution is 6.29. The number of likely N-dealkylation sites (tertiary alicyclic amines) is 1. The lowest BCUT2D eigenvalue weighted by molar-refractivity contribution is -0.138. The van der Waals surface area contributed by atoms with Gasteiger partial charge in [-0.15, -0.1) is 0 Å². The van der Waals surface area contributed by atoms with Crippen molar-refractivity contribution >= 4 is 11.6 Å². The van der Waals surface area contributed by atoms with E-state index in [0.717, 1.165) is 32.9 Å². The summed E-state index contributed by atoms with van der Waals surface area (Å²) in [7, 11) is 0. The van der Waals surface area contributed by atoms with E-state index in [4.69, 9.17) is 22.1 Å². The molecule has 1 spiro atoms. The normalized spacial score (nSPS) is 17.0. The van der Waals surface area contributed by atoms with Gasteiger partial charge in [-0.3, -0.25) is 18.8 Å². The molecule has 1 fully saturated rings. The fraction of sp³-hybridized carbons (Fsp3) is 0.344. The fourth-order valence-electron chi connectivity index (χ4n) is 6.32. The maximum Gasteiger partial charge on any atom is 0.416 e. The van der Waals surface area contributed by atoms with Crippen molar-refractivity contribution < 1.29 is 22.3 Å². The minimum atomic E-state index is -4.86. The quantitative estimate of drug-likeness (QED) is 0.225. The molecule has 13 heteroatoms. The van der Waals surface area contributed by atoms with Gasteiger partial charge >= 0.3 is 11.9 Å². The molecule has 45 heavy (non-hydrogen) atoms. The molecule has 1 unspecified atom stereocenters. The molecule has 2 aliphatic rings. The summed E-state index contributed by atoms with van der Waals surface area (Å²) in [5.41, 5.74) is 3.97. The Morgan fingerprint density at radius 2 is 1.71 bits per heavy atom. The number of alkyl halides is 3. The van der Waals surface area contributed by atoms with Crippen molar-refractivity contribution in [2.45, 2.75) is 56.9 Å². The number of hydrogen-bond acceptors (Lipinski definition) is 6. The van der Waals surface area contributed by atoms with Crippen LogP contribution in [-0.4, -0.2) is 32.1 Å². The summed E-state index contributed by atoms with van der Waals surface area (Å²) in [5, 5.41) is 0.388. The van der Waals surface area contributed by atoms with E-state index in [1.165, 1.54) is 0 Å². The fourth-order valence-corrected chi connectivity index (χ4v) is 6.43. The first-order valence-corrected chi connectivity index (χ1v) is 14.8. The van der Waals surface area contributed by atoms with Gasteiger partial charge in [-0.25, -0.2) is 14.2 Å². The van der Waals surface area contributed by atoms with Crippen LogP contribution in [0.2, 0.25) is 5.15 Å². The molecule has 2 aromatic heterocycles. The first-order chi connectivity index (χ1) is 21.5. The zero-order valence-corrected chi connectivity index (χ0v) is 24.8. The van der Waals surface area contributed by atoms with E-state index in [0.29, 0.717) is 43.2 Å². The Labute approximate surface area is 260 Å². The van der Waals surface area contributed by atoms with E-state index < -0.39 is 52.6 Å². The minimum Gasteiger partial charge on any atom is -0.364 e. The highest BCUT2D eigenvalue weighted by atomic mass is 35.5. The molecule has 0 aliphatic carbocycles. The summed E-state index contributed by atoms with van der Waals surface area (Å²) in [6.45, 7) is 0.521. The number of nitrogens with zero attached hydrogens (tertiary/aromatic N) is 4. The molecular formula is C32H30ClF4N5O3. The number of ether oxygens (including phenoxy) is 1. The van der Waals surface area contributed by atoms with Crippen molar-refractivity contribution in [3.8, 4) is 0 Å². The molecule has 1 saturated heterocycles. The van der Waals surface area contributed by atoms with Gasteiger partial charge in [0.05, 0.1) is 36.5 Å². The first kappa shape index (κ1) is 31.2. The van der Waals surface area contributed by atoms with E-state index in [2.05, 4.69) is 9.88 Å². The average Bonchev–Trinajstić information content (AvgIpc) is 3.38. The standard InChI is InChI=1S/C32H30ClF4N5O3/c33-27-10-9-20(15-39-27)16-40-13-11-31(12-14-40)28-26(19-45-31)41(17-22-23(32(35,36)37)7-4-8-24(22)34)30(44)42(29(28)43)18-25(38)21-5-2-1-3-6-21/h1-10,15,25H,11-14,16-19,38H2. The number of rotatable bonds is 7. The maximum atomic E-state index is 15.0. The van der Waals surface area contributed by atoms with E-state index in [9.17, 15) is 22.8 Å². The van der Waals surface area contributed by atoms with Crippen LogP contribution in [0.4, 0.5) is 17.6 Å². The van der Waals surface area contributed by atoms with E-state index in [1.807, 2.05) is 6.07 Å². The van der Waals surface area contributed by atoms with Crippen molar-refractivity contribution in [3.63, 3.8) is 0 Å². The molecule has 2 aliphatic heterocycles. The van der Waals surface area contributed by atoms with E-state index >= 15 is 4.39 Å². The smallest absolute Gasteiger partial charge is 0.364 e. The second-order valence-electron chi connectivity index (χ2n) is 11.4. The van der Waals surface area contributed by atoms with Crippen LogP contribution in [0.25, 0.3) is 0 Å². The lowest BCUT2D eigenvalue weighted by Gasteiger charge is -2.38. The van der Waals surface area contributed by atoms with Crippen LogP contribution in [0, 0.1) is 5.82 Å². The van der Waals surface area contributed by atoms with E-state index in [-0.39, 0.29) is 24.4 Å². The van der Waals surface area contributed by atoms with Gasteiger partial charge in [0.2, 0.25) is 0 Å². The van der Waals surface area contributed by atoms with Gasteiger partial charge < -0.3 is 10.5 Å². The molecule has 1 atom stereocenters. The summed E-state index contributed by atoms with van der Waals surface area (Å²) in [6.07, 6.45) is -2.38. The molecule has 0 amide bonds. The Balaban J connectivity index is 1.41. The Morgan fingerprint density at radius 1 is 0.978 bits per heavy atom. The third kappa shape index (κ3) is 6.07. The summed E-state index contributed by atoms with van der Waals surface area (Å²) < 4.78 is 65.1. The molecule has 0 bridgehead atoms. The maximum absolute atomic E-state index is 15.0. The summed E-state index contributed by atoms with van der Waals surface area (Å²) in [5.74, 6) is -1.11. The SMILES string of the molecule is NC(Cn1c(=O)c2c(n(Cc3c(F)cccc3C(F)(F)F)c1=O)COC21CCN(Cc2ccc(Cl)nc2)CC1)c1ccccc1. The number of benzene rings is 2. The zero-order valence-electron chi connectivity index (χ0n) is 24.1. The number of piperidine rings is 1. The number of halogens is 5. The van der Waals surface area contributed by atoms with Crippen LogP contribution in [0.15, 0.2) is 76.4 Å². The van der Waals surface area contributed by atoms with Crippen molar-refractivity contribution in [2.24, 2.45) is 5.73 Å². The van der Waals surface area contributed by atoms with Crippen LogP contribution < -0.4 is 17.0 Å². The van der Waals surface area contributed by atoms with Gasteiger partial charge in [0.25, 0.3) is 5.56 Å². The Bertz CT molecular complexity index is 1820. The minimum absolute atomic E-state index is 0.154. The van der Waals surface area contributed by atoms with E-state index in [1.54, 1.807) is 42.6 Å². The lowest BCUT2D eigenvalue weighted by Crippen LogP contribution is -2.49. The highest BCUT2D eigenvalue weighted by Gasteiger charge is 2.47. The monoisotopic (exact) mass is 643 g/mol. The molecule has 0 saturated carbocycles. The van der Waals surface area contributed by atoms with Gasteiger partial charge in [-0.1, -0.05) is 54.1 Å². The van der Waals surface area contributed by atoms with Crippen LogP contribution in [-0.2, 0) is 42.8 Å². The summed E-state index contributed by atoms with van der Waals surface area (Å²) in [4.78, 5) is 34.4. The molecule has 236 valence electrons. The van der Waals surface area contributed by atoms with Crippen molar-refractivity contribution in [3.05, 3.63) is 132 Å². The Hall–Kier alpha value is -3.84. The van der Waals surface area contributed by atoms with Crippen molar-refractivity contribution in [1.29, 1.82) is 0 Å². The molecule has 0 radical (unpaired) electrons. The largest absolute Gasteiger partial charge is 0.416 e. The first-order valence-electron chi connectivity index (χ1n) is 14.5. The number of nitrogens with two attached hydrogens (primary N) is 1. The zero-order chi connectivity index (χ0) is 31.9. The van der Waals surface area contributed by atoms with Crippen LogP contribution >= 0.6 is 11.6 Å². The summed E-state index contributed by atoms with van der Waals surface area (Å²) >= 11 is 5.91. The molecule has 2 aromatic carbocycles. The van der Waals surface area contributed by atoms with Gasteiger partial charge in [0, 0.05) is 37.4 Å². The lowest BCUT2D eigenvalue weighted by atomic mass is 9.85. The number of pyridine rings is 1. The molecule has 4 aromatic rings. The molecule has 6 rings (SSSR count). The molecule has 8 nitrogen and oxygen atoms in total. The second-order valence-corrected chi connectivity index (χ2v) is 11.8. The summed E-state index contributed by atoms with van der Waals surface area (Å²) in [6, 6.07) is 14.3. The predicted molar refractivity (Wildman–Crippen MR) is 159 cm³/mol. The average molecular weight is 644 g/mol. The van der Waals surface area contributed by atoms with Crippen LogP contribution in [0.5, 0.6) is 0 Å². The Kier molecular flexibility index (Phi) is 8.42. The van der Waals surface area contributed by atoms with Gasteiger partial charge in [-0.05, 0) is 42.2 Å². The molecule has 4 heterocycles. The second kappa shape index (κ2) is 12.2. The van der Waals surface area contributed by atoms with Gasteiger partial charge in [-0.2, -0.15) is 13.2 Å². The topological polar surface area (TPSA) is 95.4 Å². The van der Waals surface area contributed by atoms with Crippen molar-refractivity contribution in [1.82, 2.24) is 19.0 Å². The van der Waals surface area contributed by atoms with Gasteiger partial charge in [0.15, 0.2) is 0 Å². The number of fused-ring (bicyclic) bond motifs is 2. The third-order valence-corrected chi connectivity index (χ3v) is 8.91. The van der Waals surface area contributed by atoms with Crippen LogP contribution in [0.1, 0.15) is 52.4 Å². The Morgan fingerprint density at radius 3 is 2.38 bits per heavy atom. The predicted octanol–water partition coefficient (Wildman–Crippen LogP) is 4.99. The molecule has 2 N–H and O–H groups in total. The van der Waals surface area contributed by atoms with Gasteiger partial charge in [0.1, 0.15) is 16.6 Å². The third-order valence-electron chi connectivity index (χ3n) is 8.68.